The van der Waals surface area contributed by atoms with E-state index < -0.39 is 0 Å². The Balaban J connectivity index is 1.58. The Morgan fingerprint density at radius 3 is 2.50 bits per heavy atom. The molecule has 1 saturated heterocycles. The van der Waals surface area contributed by atoms with Crippen LogP contribution in [0.5, 0.6) is 5.75 Å². The van der Waals surface area contributed by atoms with E-state index in [-0.39, 0.29) is 17.1 Å². The Labute approximate surface area is 210 Å². The highest BCUT2D eigenvalue weighted by atomic mass is 16.5. The molecular weight excluding hydrogens is 454 g/mol. The molecule has 1 fully saturated rings. The largest absolute Gasteiger partial charge is 0.497 e. The lowest BCUT2D eigenvalue weighted by Gasteiger charge is -2.40. The van der Waals surface area contributed by atoms with Crippen molar-refractivity contribution in [1.29, 1.82) is 0 Å². The van der Waals surface area contributed by atoms with E-state index in [9.17, 15) is 4.79 Å². The molecule has 3 heterocycles. The van der Waals surface area contributed by atoms with E-state index >= 15 is 0 Å². The number of piperazine rings is 1. The number of methoxy groups -OCH3 is 1. The molecule has 0 aliphatic carbocycles. The molecule has 188 valence electrons. The van der Waals surface area contributed by atoms with Crippen LogP contribution >= 0.6 is 0 Å². The SMILES string of the molecule is CCC(C)(C)n1nnnc1C(c1cc2cc(OC)ccc2[nH]c1=O)N1CCN(c2ccccc2)CC1. The summed E-state index contributed by atoms with van der Waals surface area (Å²) < 4.78 is 7.31. The highest BCUT2D eigenvalue weighted by Crippen LogP contribution is 2.32. The molecular formula is C27H33N7O2. The average molecular weight is 488 g/mol. The molecule has 0 saturated carbocycles. The van der Waals surface area contributed by atoms with E-state index in [1.807, 2.05) is 35.0 Å². The van der Waals surface area contributed by atoms with Crippen LogP contribution < -0.4 is 15.2 Å². The Morgan fingerprint density at radius 2 is 1.81 bits per heavy atom. The van der Waals surface area contributed by atoms with Gasteiger partial charge >= 0.3 is 0 Å². The van der Waals surface area contributed by atoms with Crippen LogP contribution in [-0.2, 0) is 5.54 Å². The summed E-state index contributed by atoms with van der Waals surface area (Å²) >= 11 is 0. The molecule has 1 unspecified atom stereocenters. The number of aromatic amines is 1. The summed E-state index contributed by atoms with van der Waals surface area (Å²) in [7, 11) is 1.64. The van der Waals surface area contributed by atoms with E-state index in [0.29, 0.717) is 11.4 Å². The Bertz CT molecular complexity index is 1390. The number of benzene rings is 2. The van der Waals surface area contributed by atoms with Gasteiger partial charge in [-0.3, -0.25) is 9.69 Å². The summed E-state index contributed by atoms with van der Waals surface area (Å²) in [5.74, 6) is 1.42. The van der Waals surface area contributed by atoms with Crippen molar-refractivity contribution in [3.8, 4) is 5.75 Å². The lowest BCUT2D eigenvalue weighted by Crippen LogP contribution is -2.49. The molecule has 0 spiro atoms. The van der Waals surface area contributed by atoms with Gasteiger partial charge in [0.15, 0.2) is 5.82 Å². The van der Waals surface area contributed by atoms with E-state index in [1.54, 1.807) is 7.11 Å². The number of hydrogen-bond acceptors (Lipinski definition) is 7. The number of anilines is 1. The van der Waals surface area contributed by atoms with Crippen LogP contribution in [0.4, 0.5) is 5.69 Å². The van der Waals surface area contributed by atoms with E-state index in [0.717, 1.165) is 49.3 Å². The van der Waals surface area contributed by atoms with Crippen LogP contribution in [0.3, 0.4) is 0 Å². The van der Waals surface area contributed by atoms with Crippen LogP contribution in [0.2, 0.25) is 0 Å². The molecule has 36 heavy (non-hydrogen) atoms. The summed E-state index contributed by atoms with van der Waals surface area (Å²) in [6.07, 6.45) is 0.852. The second kappa shape index (κ2) is 9.73. The highest BCUT2D eigenvalue weighted by molar-refractivity contribution is 5.80. The Kier molecular flexibility index (Phi) is 6.49. The summed E-state index contributed by atoms with van der Waals surface area (Å²) in [6, 6.07) is 17.7. The maximum atomic E-state index is 13.5. The maximum absolute atomic E-state index is 13.5. The third kappa shape index (κ3) is 4.46. The molecule has 9 nitrogen and oxygen atoms in total. The number of pyridine rings is 1. The quantitative estimate of drug-likeness (QED) is 0.426. The zero-order valence-electron chi connectivity index (χ0n) is 21.3. The molecule has 4 aromatic rings. The lowest BCUT2D eigenvalue weighted by atomic mass is 9.98. The van der Waals surface area contributed by atoms with Crippen molar-refractivity contribution in [3.05, 3.63) is 76.3 Å². The van der Waals surface area contributed by atoms with Crippen molar-refractivity contribution in [2.75, 3.05) is 38.2 Å². The van der Waals surface area contributed by atoms with Crippen molar-refractivity contribution in [1.82, 2.24) is 30.1 Å². The van der Waals surface area contributed by atoms with Gasteiger partial charge in [-0.15, -0.1) is 5.10 Å². The van der Waals surface area contributed by atoms with E-state index in [1.165, 1.54) is 5.69 Å². The van der Waals surface area contributed by atoms with Crippen LogP contribution in [0.15, 0.2) is 59.4 Å². The van der Waals surface area contributed by atoms with Crippen molar-refractivity contribution >= 4 is 16.6 Å². The number of fused-ring (bicyclic) bond motifs is 1. The fourth-order valence-electron chi connectivity index (χ4n) is 4.85. The summed E-state index contributed by atoms with van der Waals surface area (Å²) in [5.41, 5.74) is 2.18. The van der Waals surface area contributed by atoms with Gasteiger partial charge in [-0.2, -0.15) is 0 Å². The average Bonchev–Trinajstić information content (AvgIpc) is 3.40. The van der Waals surface area contributed by atoms with Crippen molar-refractivity contribution in [3.63, 3.8) is 0 Å². The fraction of sp³-hybridized carbons (Fsp3) is 0.407. The maximum Gasteiger partial charge on any atom is 0.253 e. The van der Waals surface area contributed by atoms with Gasteiger partial charge < -0.3 is 14.6 Å². The standard InChI is InChI=1S/C27H33N7O2/c1-5-27(2,3)34-25(29-30-31-34)24(33-15-13-32(14-16-33)20-9-7-6-8-10-20)22-18-19-17-21(36-4)11-12-23(19)28-26(22)35/h6-12,17-18,24H,5,13-16H2,1-4H3,(H,28,35). The van der Waals surface area contributed by atoms with Gasteiger partial charge in [0.2, 0.25) is 0 Å². The van der Waals surface area contributed by atoms with E-state index in [2.05, 4.69) is 75.3 Å². The second-order valence-electron chi connectivity index (χ2n) is 9.88. The minimum Gasteiger partial charge on any atom is -0.497 e. The van der Waals surface area contributed by atoms with Gasteiger partial charge in [0.25, 0.3) is 5.56 Å². The molecule has 2 aromatic heterocycles. The minimum absolute atomic E-state index is 0.132. The summed E-state index contributed by atoms with van der Waals surface area (Å²) in [6.45, 7) is 9.59. The van der Waals surface area contributed by atoms with E-state index in [4.69, 9.17) is 4.74 Å². The van der Waals surface area contributed by atoms with Crippen molar-refractivity contribution < 1.29 is 4.74 Å². The molecule has 2 aromatic carbocycles. The number of aromatic nitrogens is 5. The van der Waals surface area contributed by atoms with Gasteiger partial charge in [-0.1, -0.05) is 25.1 Å². The molecule has 1 atom stereocenters. The zero-order valence-corrected chi connectivity index (χ0v) is 21.3. The smallest absolute Gasteiger partial charge is 0.253 e. The van der Waals surface area contributed by atoms with Gasteiger partial charge in [0.1, 0.15) is 11.8 Å². The van der Waals surface area contributed by atoms with Gasteiger partial charge in [-0.25, -0.2) is 4.68 Å². The van der Waals surface area contributed by atoms with Gasteiger partial charge in [0.05, 0.1) is 12.6 Å². The topological polar surface area (TPSA) is 92.2 Å². The van der Waals surface area contributed by atoms with Crippen LogP contribution in [0.1, 0.15) is 44.6 Å². The number of hydrogen-bond donors (Lipinski definition) is 1. The number of nitrogens with one attached hydrogen (secondary N) is 1. The fourth-order valence-corrected chi connectivity index (χ4v) is 4.85. The van der Waals surface area contributed by atoms with Gasteiger partial charge in [0, 0.05) is 48.3 Å². The molecule has 5 rings (SSSR count). The number of nitrogens with zero attached hydrogens (tertiary/aromatic N) is 6. The molecule has 9 heteroatoms. The van der Waals surface area contributed by atoms with Crippen LogP contribution in [0.25, 0.3) is 10.9 Å². The molecule has 1 N–H and O–H groups in total. The van der Waals surface area contributed by atoms with Crippen molar-refractivity contribution in [2.45, 2.75) is 38.8 Å². The number of tetrazole rings is 1. The number of rotatable bonds is 7. The number of ether oxygens (including phenoxy) is 1. The van der Waals surface area contributed by atoms with Gasteiger partial charge in [-0.05, 0) is 67.1 Å². The third-order valence-electron chi connectivity index (χ3n) is 7.35. The first kappa shape index (κ1) is 24.0. The summed E-state index contributed by atoms with van der Waals surface area (Å²) in [4.78, 5) is 21.3. The first-order valence-electron chi connectivity index (χ1n) is 12.4. The predicted molar refractivity (Wildman–Crippen MR) is 141 cm³/mol. The van der Waals surface area contributed by atoms with Crippen molar-refractivity contribution in [2.24, 2.45) is 0 Å². The molecule has 0 amide bonds. The zero-order chi connectivity index (χ0) is 25.3. The second-order valence-corrected chi connectivity index (χ2v) is 9.88. The van der Waals surface area contributed by atoms with Crippen LogP contribution in [-0.4, -0.2) is 63.4 Å². The number of para-hydroxylation sites is 1. The highest BCUT2D eigenvalue weighted by Gasteiger charge is 2.35. The lowest BCUT2D eigenvalue weighted by molar-refractivity contribution is 0.186. The monoisotopic (exact) mass is 487 g/mol. The number of H-pyrrole nitrogens is 1. The molecule has 0 radical (unpaired) electrons. The first-order valence-corrected chi connectivity index (χ1v) is 12.4. The normalized spacial score (nSPS) is 15.8. The third-order valence-corrected chi connectivity index (χ3v) is 7.35. The Hall–Kier alpha value is -3.72. The molecule has 0 bridgehead atoms. The Morgan fingerprint density at radius 1 is 1.06 bits per heavy atom. The predicted octanol–water partition coefficient (Wildman–Crippen LogP) is 3.58. The minimum atomic E-state index is -0.386. The van der Waals surface area contributed by atoms with Crippen LogP contribution in [0, 0.1) is 0 Å². The summed E-state index contributed by atoms with van der Waals surface area (Å²) in [5, 5.41) is 13.8. The molecule has 1 aliphatic heterocycles. The molecule has 1 aliphatic rings. The first-order chi connectivity index (χ1) is 17.4.